The van der Waals surface area contributed by atoms with Crippen LogP contribution in [0.4, 0.5) is 0 Å². The zero-order chi connectivity index (χ0) is 17.3. The molecule has 3 heteroatoms. The largest absolute Gasteiger partial charge is 0.300 e. The quantitative estimate of drug-likeness (QED) is 0.761. The molecule has 3 nitrogen and oxygen atoms in total. The lowest BCUT2D eigenvalue weighted by atomic mass is 9.79. The van der Waals surface area contributed by atoms with Crippen molar-refractivity contribution in [3.05, 3.63) is 0 Å². The van der Waals surface area contributed by atoms with E-state index in [1.807, 2.05) is 0 Å². The van der Waals surface area contributed by atoms with Gasteiger partial charge in [-0.15, -0.1) is 0 Å². The van der Waals surface area contributed by atoms with E-state index in [0.717, 1.165) is 35.9 Å². The Kier molecular flexibility index (Phi) is 6.26. The van der Waals surface area contributed by atoms with E-state index < -0.39 is 0 Å². The van der Waals surface area contributed by atoms with Gasteiger partial charge < -0.3 is 9.80 Å². The van der Waals surface area contributed by atoms with Crippen molar-refractivity contribution in [1.29, 1.82) is 0 Å². The van der Waals surface area contributed by atoms with E-state index >= 15 is 0 Å². The molecule has 0 aromatic carbocycles. The van der Waals surface area contributed by atoms with Crippen LogP contribution < -0.4 is 0 Å². The summed E-state index contributed by atoms with van der Waals surface area (Å²) in [5, 5.41) is 0. The molecule has 24 heavy (non-hydrogen) atoms. The standard InChI is InChI=1S/C21H41N3/c1-16(2)20-6-8-21(9-7-20)24-11-10-22(12-18(24)5)13-19-14-23(15-19)17(3)4/h16-21H,6-15H2,1-5H3/t18-,20?,21?/m0/s1. The maximum absolute atomic E-state index is 2.86. The van der Waals surface area contributed by atoms with Crippen molar-refractivity contribution in [2.45, 2.75) is 78.4 Å². The highest BCUT2D eigenvalue weighted by Gasteiger charge is 2.35. The minimum Gasteiger partial charge on any atom is -0.300 e. The first kappa shape index (κ1) is 18.7. The minimum absolute atomic E-state index is 0.734. The molecule has 1 aliphatic carbocycles. The molecule has 0 aromatic rings. The molecule has 2 aliphatic heterocycles. The molecule has 0 spiro atoms. The summed E-state index contributed by atoms with van der Waals surface area (Å²) in [6, 6.07) is 2.36. The van der Waals surface area contributed by atoms with E-state index in [4.69, 9.17) is 0 Å². The van der Waals surface area contributed by atoms with Gasteiger partial charge in [-0.1, -0.05) is 13.8 Å². The Morgan fingerprint density at radius 2 is 1.54 bits per heavy atom. The Bertz CT molecular complexity index is 381. The average Bonchev–Trinajstić information content (AvgIpc) is 2.50. The van der Waals surface area contributed by atoms with Gasteiger partial charge in [0.2, 0.25) is 0 Å². The van der Waals surface area contributed by atoms with Crippen molar-refractivity contribution in [1.82, 2.24) is 14.7 Å². The van der Waals surface area contributed by atoms with Crippen molar-refractivity contribution in [2.24, 2.45) is 17.8 Å². The smallest absolute Gasteiger partial charge is 0.0198 e. The molecule has 0 bridgehead atoms. The summed E-state index contributed by atoms with van der Waals surface area (Å²) in [4.78, 5) is 8.22. The molecule has 140 valence electrons. The SMILES string of the molecule is CC(C)C1CCC(N2CCN(CC3CN(C(C)C)C3)C[C@@H]2C)CC1. The first-order valence-corrected chi connectivity index (χ1v) is 10.7. The van der Waals surface area contributed by atoms with Crippen LogP contribution in [0.25, 0.3) is 0 Å². The summed E-state index contributed by atoms with van der Waals surface area (Å²) < 4.78 is 0. The van der Waals surface area contributed by atoms with Crippen molar-refractivity contribution in [2.75, 3.05) is 39.3 Å². The van der Waals surface area contributed by atoms with Gasteiger partial charge >= 0.3 is 0 Å². The van der Waals surface area contributed by atoms with E-state index in [2.05, 4.69) is 49.3 Å². The predicted octanol–water partition coefficient (Wildman–Crippen LogP) is 3.55. The van der Waals surface area contributed by atoms with E-state index in [-0.39, 0.29) is 0 Å². The van der Waals surface area contributed by atoms with Gasteiger partial charge in [-0.2, -0.15) is 0 Å². The van der Waals surface area contributed by atoms with Crippen LogP contribution in [0.5, 0.6) is 0 Å². The molecule has 3 fully saturated rings. The van der Waals surface area contributed by atoms with Crippen LogP contribution >= 0.6 is 0 Å². The number of nitrogens with zero attached hydrogens (tertiary/aromatic N) is 3. The van der Waals surface area contributed by atoms with Gasteiger partial charge in [0.1, 0.15) is 0 Å². The highest BCUT2D eigenvalue weighted by Crippen LogP contribution is 2.33. The van der Waals surface area contributed by atoms with Crippen molar-refractivity contribution in [3.8, 4) is 0 Å². The van der Waals surface area contributed by atoms with Crippen LogP contribution in [0, 0.1) is 17.8 Å². The fourth-order valence-electron chi connectivity index (χ4n) is 5.37. The van der Waals surface area contributed by atoms with Gasteiger partial charge in [-0.3, -0.25) is 4.90 Å². The van der Waals surface area contributed by atoms with Crippen LogP contribution in [-0.2, 0) is 0 Å². The van der Waals surface area contributed by atoms with Gasteiger partial charge in [-0.25, -0.2) is 0 Å². The molecule has 0 N–H and O–H groups in total. The molecule has 1 atom stereocenters. The summed E-state index contributed by atoms with van der Waals surface area (Å²) >= 11 is 0. The minimum atomic E-state index is 0.734. The lowest BCUT2D eigenvalue weighted by molar-refractivity contribution is -0.00469. The van der Waals surface area contributed by atoms with Crippen molar-refractivity contribution >= 4 is 0 Å². The Hall–Kier alpha value is -0.120. The zero-order valence-corrected chi connectivity index (χ0v) is 16.9. The van der Waals surface area contributed by atoms with Crippen LogP contribution in [0.2, 0.25) is 0 Å². The van der Waals surface area contributed by atoms with Crippen molar-refractivity contribution in [3.63, 3.8) is 0 Å². The molecule has 1 saturated carbocycles. The number of hydrogen-bond donors (Lipinski definition) is 0. The highest BCUT2D eigenvalue weighted by atomic mass is 15.3. The first-order valence-electron chi connectivity index (χ1n) is 10.7. The predicted molar refractivity (Wildman–Crippen MR) is 103 cm³/mol. The molecule has 0 radical (unpaired) electrons. The van der Waals surface area contributed by atoms with Crippen LogP contribution in [0.3, 0.4) is 0 Å². The Morgan fingerprint density at radius 1 is 0.875 bits per heavy atom. The summed E-state index contributed by atoms with van der Waals surface area (Å²) in [5.41, 5.74) is 0. The average molecular weight is 336 g/mol. The van der Waals surface area contributed by atoms with Gasteiger partial charge in [0, 0.05) is 57.4 Å². The number of likely N-dealkylation sites (tertiary alicyclic amines) is 1. The lowest BCUT2D eigenvalue weighted by Gasteiger charge is -2.49. The topological polar surface area (TPSA) is 9.72 Å². The molecule has 0 aromatic heterocycles. The fourth-order valence-corrected chi connectivity index (χ4v) is 5.37. The number of rotatable bonds is 5. The Labute approximate surface area is 150 Å². The molecule has 3 rings (SSSR count). The summed E-state index contributed by atoms with van der Waals surface area (Å²) in [7, 11) is 0. The van der Waals surface area contributed by atoms with E-state index in [1.165, 1.54) is 65.0 Å². The number of hydrogen-bond acceptors (Lipinski definition) is 3. The Morgan fingerprint density at radius 3 is 2.08 bits per heavy atom. The molecule has 2 saturated heterocycles. The maximum Gasteiger partial charge on any atom is 0.0198 e. The van der Waals surface area contributed by atoms with Crippen LogP contribution in [0.1, 0.15) is 60.3 Å². The highest BCUT2D eigenvalue weighted by molar-refractivity contribution is 4.90. The molecule has 0 unspecified atom stereocenters. The fraction of sp³-hybridized carbons (Fsp3) is 1.00. The second-order valence-corrected chi connectivity index (χ2v) is 9.57. The molecular weight excluding hydrogens is 294 g/mol. The van der Waals surface area contributed by atoms with E-state index in [1.54, 1.807) is 0 Å². The summed E-state index contributed by atoms with van der Waals surface area (Å²) in [6.45, 7) is 19.8. The van der Waals surface area contributed by atoms with Crippen LogP contribution in [-0.4, -0.2) is 72.1 Å². The normalized spacial score (nSPS) is 34.9. The van der Waals surface area contributed by atoms with Gasteiger partial charge in [0.05, 0.1) is 0 Å². The second-order valence-electron chi connectivity index (χ2n) is 9.57. The Balaban J connectivity index is 1.40. The van der Waals surface area contributed by atoms with Gasteiger partial charge in [-0.05, 0) is 64.2 Å². The lowest BCUT2D eigenvalue weighted by Crippen LogP contribution is -2.59. The van der Waals surface area contributed by atoms with Gasteiger partial charge in [0.25, 0.3) is 0 Å². The summed E-state index contributed by atoms with van der Waals surface area (Å²) in [5.74, 6) is 2.79. The molecular formula is C21H41N3. The van der Waals surface area contributed by atoms with Gasteiger partial charge in [0.15, 0.2) is 0 Å². The van der Waals surface area contributed by atoms with Crippen molar-refractivity contribution < 1.29 is 0 Å². The maximum atomic E-state index is 2.86. The third kappa shape index (κ3) is 4.34. The first-order chi connectivity index (χ1) is 11.4. The van der Waals surface area contributed by atoms with E-state index in [0.29, 0.717) is 0 Å². The molecule has 0 amide bonds. The third-order valence-electron chi connectivity index (χ3n) is 7.15. The number of piperazine rings is 1. The van der Waals surface area contributed by atoms with E-state index in [9.17, 15) is 0 Å². The zero-order valence-electron chi connectivity index (χ0n) is 16.9. The second kappa shape index (κ2) is 8.05. The monoisotopic (exact) mass is 335 g/mol. The summed E-state index contributed by atoms with van der Waals surface area (Å²) in [6.07, 6.45) is 5.81. The molecule has 2 heterocycles. The third-order valence-corrected chi connectivity index (χ3v) is 7.15. The van der Waals surface area contributed by atoms with Crippen LogP contribution in [0.15, 0.2) is 0 Å². The molecule has 3 aliphatic rings.